The highest BCUT2D eigenvalue weighted by atomic mass is 32.2. The zero-order valence-electron chi connectivity index (χ0n) is 15.1. The minimum atomic E-state index is -3.33. The van der Waals surface area contributed by atoms with Gasteiger partial charge in [-0.3, -0.25) is 4.79 Å². The Balaban J connectivity index is 2.13. The van der Waals surface area contributed by atoms with E-state index in [9.17, 15) is 13.2 Å². The molecule has 1 aliphatic rings. The molecule has 0 radical (unpaired) electrons. The molecule has 2 rings (SSSR count). The first-order valence-electron chi connectivity index (χ1n) is 8.74. The second-order valence-corrected chi connectivity index (χ2v) is 10.4. The van der Waals surface area contributed by atoms with Crippen LogP contribution in [0.15, 0.2) is 34.1 Å². The molecule has 7 heteroatoms. The first kappa shape index (κ1) is 20.3. The normalized spacial score (nSPS) is 18.4. The van der Waals surface area contributed by atoms with E-state index in [4.69, 9.17) is 5.73 Å². The summed E-state index contributed by atoms with van der Waals surface area (Å²) in [7, 11) is -3.33. The Morgan fingerprint density at radius 2 is 2.04 bits per heavy atom. The molecule has 3 N–H and O–H groups in total. The SMILES string of the molecule is CCCS(=O)(=O)c1ccccc1SC(C)C(=O)NC(C)(CN)C1CC1. The van der Waals surface area contributed by atoms with E-state index in [-0.39, 0.29) is 17.2 Å². The van der Waals surface area contributed by atoms with E-state index in [1.54, 1.807) is 31.2 Å². The molecule has 1 fully saturated rings. The van der Waals surface area contributed by atoms with Crippen LogP contribution in [-0.2, 0) is 14.6 Å². The third-order valence-electron chi connectivity index (χ3n) is 4.64. The van der Waals surface area contributed by atoms with E-state index >= 15 is 0 Å². The number of hydrogen-bond donors (Lipinski definition) is 2. The van der Waals surface area contributed by atoms with E-state index in [0.29, 0.717) is 28.7 Å². The quantitative estimate of drug-likeness (QED) is 0.639. The van der Waals surface area contributed by atoms with Crippen LogP contribution in [0.3, 0.4) is 0 Å². The summed E-state index contributed by atoms with van der Waals surface area (Å²) in [6.07, 6.45) is 2.74. The summed E-state index contributed by atoms with van der Waals surface area (Å²) in [6, 6.07) is 6.90. The largest absolute Gasteiger partial charge is 0.348 e. The second-order valence-electron chi connectivity index (χ2n) is 6.91. The Morgan fingerprint density at radius 1 is 1.40 bits per heavy atom. The van der Waals surface area contributed by atoms with E-state index in [1.807, 2.05) is 13.8 Å². The van der Waals surface area contributed by atoms with Crippen LogP contribution in [-0.4, -0.2) is 37.4 Å². The summed E-state index contributed by atoms with van der Waals surface area (Å²) in [5.74, 6) is 0.446. The Hall–Kier alpha value is -1.05. The lowest BCUT2D eigenvalue weighted by Crippen LogP contribution is -2.54. The monoisotopic (exact) mass is 384 g/mol. The van der Waals surface area contributed by atoms with E-state index in [0.717, 1.165) is 12.8 Å². The number of nitrogens with one attached hydrogen (secondary N) is 1. The molecular weight excluding hydrogens is 356 g/mol. The van der Waals surface area contributed by atoms with Crippen molar-refractivity contribution < 1.29 is 13.2 Å². The smallest absolute Gasteiger partial charge is 0.233 e. The van der Waals surface area contributed by atoms with Gasteiger partial charge in [0.25, 0.3) is 0 Å². The van der Waals surface area contributed by atoms with Gasteiger partial charge in [-0.05, 0) is 51.2 Å². The Morgan fingerprint density at radius 3 is 2.60 bits per heavy atom. The summed E-state index contributed by atoms with van der Waals surface area (Å²) < 4.78 is 24.9. The number of sulfone groups is 1. The highest BCUT2D eigenvalue weighted by Gasteiger charge is 2.42. The average molecular weight is 385 g/mol. The van der Waals surface area contributed by atoms with Gasteiger partial charge in [-0.25, -0.2) is 8.42 Å². The van der Waals surface area contributed by atoms with Crippen LogP contribution < -0.4 is 11.1 Å². The molecule has 1 aliphatic carbocycles. The standard InChI is InChI=1S/C18H28N2O3S2/c1-4-11-25(22,23)16-8-6-5-7-15(16)24-13(2)17(21)20-18(3,12-19)14-9-10-14/h5-8,13-14H,4,9-12,19H2,1-3H3,(H,20,21). The lowest BCUT2D eigenvalue weighted by atomic mass is 9.96. The van der Waals surface area contributed by atoms with Gasteiger partial charge >= 0.3 is 0 Å². The molecule has 25 heavy (non-hydrogen) atoms. The second kappa shape index (κ2) is 8.10. The maximum Gasteiger partial charge on any atom is 0.233 e. The van der Waals surface area contributed by atoms with Crippen LogP contribution in [0.5, 0.6) is 0 Å². The molecular formula is C18H28N2O3S2. The zero-order valence-corrected chi connectivity index (χ0v) is 16.8. The predicted molar refractivity (Wildman–Crippen MR) is 102 cm³/mol. The zero-order chi connectivity index (χ0) is 18.7. The van der Waals surface area contributed by atoms with E-state index in [2.05, 4.69) is 5.32 Å². The van der Waals surface area contributed by atoms with Crippen molar-refractivity contribution in [2.75, 3.05) is 12.3 Å². The van der Waals surface area contributed by atoms with Gasteiger partial charge in [0.05, 0.1) is 21.4 Å². The van der Waals surface area contributed by atoms with Crippen molar-refractivity contribution in [3.63, 3.8) is 0 Å². The number of rotatable bonds is 9. The predicted octanol–water partition coefficient (Wildman–Crippen LogP) is 2.59. The third kappa shape index (κ3) is 4.99. The molecule has 1 amide bonds. The first-order valence-corrected chi connectivity index (χ1v) is 11.3. The van der Waals surface area contributed by atoms with Gasteiger partial charge in [0, 0.05) is 11.4 Å². The lowest BCUT2D eigenvalue weighted by Gasteiger charge is -2.31. The summed E-state index contributed by atoms with van der Waals surface area (Å²) in [5.41, 5.74) is 5.49. The Kier molecular flexibility index (Phi) is 6.56. The van der Waals surface area contributed by atoms with Gasteiger partial charge in [-0.1, -0.05) is 19.1 Å². The van der Waals surface area contributed by atoms with Crippen LogP contribution >= 0.6 is 11.8 Å². The van der Waals surface area contributed by atoms with Crippen molar-refractivity contribution in [1.29, 1.82) is 0 Å². The maximum atomic E-state index is 12.6. The van der Waals surface area contributed by atoms with Gasteiger partial charge in [0.2, 0.25) is 5.91 Å². The van der Waals surface area contributed by atoms with Crippen molar-refractivity contribution in [3.8, 4) is 0 Å². The number of benzene rings is 1. The van der Waals surface area contributed by atoms with Gasteiger partial charge in [0.15, 0.2) is 9.84 Å². The molecule has 0 heterocycles. The van der Waals surface area contributed by atoms with Crippen LogP contribution in [0.1, 0.15) is 40.0 Å². The number of hydrogen-bond acceptors (Lipinski definition) is 5. The molecule has 0 aromatic heterocycles. The number of amides is 1. The number of carbonyl (C=O) groups is 1. The Labute approximate surface area is 155 Å². The van der Waals surface area contributed by atoms with Gasteiger partial charge in [0.1, 0.15) is 0 Å². The highest BCUT2D eigenvalue weighted by Crippen LogP contribution is 2.39. The molecule has 0 spiro atoms. The molecule has 2 unspecified atom stereocenters. The molecule has 1 saturated carbocycles. The summed E-state index contributed by atoms with van der Waals surface area (Å²) in [6.45, 7) is 6.03. The number of thioether (sulfide) groups is 1. The summed E-state index contributed by atoms with van der Waals surface area (Å²) in [5, 5.41) is 2.67. The number of carbonyl (C=O) groups excluding carboxylic acids is 1. The van der Waals surface area contributed by atoms with Crippen molar-refractivity contribution in [2.45, 2.75) is 60.6 Å². The fourth-order valence-corrected chi connectivity index (χ4v) is 5.68. The van der Waals surface area contributed by atoms with E-state index in [1.165, 1.54) is 11.8 Å². The van der Waals surface area contributed by atoms with Crippen molar-refractivity contribution in [2.24, 2.45) is 11.7 Å². The maximum absolute atomic E-state index is 12.6. The molecule has 1 aromatic rings. The molecule has 0 bridgehead atoms. The molecule has 140 valence electrons. The van der Waals surface area contributed by atoms with Crippen LogP contribution in [0.25, 0.3) is 0 Å². The van der Waals surface area contributed by atoms with E-state index < -0.39 is 15.1 Å². The van der Waals surface area contributed by atoms with Gasteiger partial charge in [-0.15, -0.1) is 11.8 Å². The molecule has 2 atom stereocenters. The van der Waals surface area contributed by atoms with Gasteiger partial charge in [-0.2, -0.15) is 0 Å². The average Bonchev–Trinajstić information content (AvgIpc) is 3.40. The van der Waals surface area contributed by atoms with Crippen LogP contribution in [0.4, 0.5) is 0 Å². The topological polar surface area (TPSA) is 89.3 Å². The summed E-state index contributed by atoms with van der Waals surface area (Å²) in [4.78, 5) is 13.5. The van der Waals surface area contributed by atoms with Crippen molar-refractivity contribution in [1.82, 2.24) is 5.32 Å². The fourth-order valence-electron chi connectivity index (χ4n) is 2.85. The van der Waals surface area contributed by atoms with Gasteiger partial charge < -0.3 is 11.1 Å². The molecule has 1 aromatic carbocycles. The minimum absolute atomic E-state index is 0.104. The molecule has 0 aliphatic heterocycles. The summed E-state index contributed by atoms with van der Waals surface area (Å²) >= 11 is 1.28. The van der Waals surface area contributed by atoms with Crippen LogP contribution in [0, 0.1) is 5.92 Å². The molecule has 0 saturated heterocycles. The fraction of sp³-hybridized carbons (Fsp3) is 0.611. The lowest BCUT2D eigenvalue weighted by molar-refractivity contribution is -0.122. The molecule has 5 nitrogen and oxygen atoms in total. The van der Waals surface area contributed by atoms with Crippen molar-refractivity contribution >= 4 is 27.5 Å². The van der Waals surface area contributed by atoms with Crippen molar-refractivity contribution in [3.05, 3.63) is 24.3 Å². The highest BCUT2D eigenvalue weighted by molar-refractivity contribution is 8.01. The number of nitrogens with two attached hydrogens (primary N) is 1. The first-order chi connectivity index (χ1) is 11.7. The third-order valence-corrected chi connectivity index (χ3v) is 7.92. The Bertz CT molecular complexity index is 717. The minimum Gasteiger partial charge on any atom is -0.348 e. The van der Waals surface area contributed by atoms with Crippen LogP contribution in [0.2, 0.25) is 0 Å².